The SMILES string of the molecule is O=C(Nc1ccc(S(=O)(=O)NCC2CCCO2)cc1)C1CCN(C(=O)c2ccc(F)cc2)CC1. The monoisotopic (exact) mass is 489 g/mol. The van der Waals surface area contributed by atoms with E-state index in [-0.39, 0.29) is 35.3 Å². The Morgan fingerprint density at radius 3 is 2.29 bits per heavy atom. The van der Waals surface area contributed by atoms with E-state index in [0.29, 0.717) is 43.8 Å². The fourth-order valence-corrected chi connectivity index (χ4v) is 5.24. The second-order valence-corrected chi connectivity index (χ2v) is 10.3. The highest BCUT2D eigenvalue weighted by Gasteiger charge is 2.28. The summed E-state index contributed by atoms with van der Waals surface area (Å²) < 4.78 is 46.0. The van der Waals surface area contributed by atoms with E-state index >= 15 is 0 Å². The molecule has 2 aromatic carbocycles. The summed E-state index contributed by atoms with van der Waals surface area (Å²) >= 11 is 0. The zero-order chi connectivity index (χ0) is 24.1. The number of carbonyl (C=O) groups excluding carboxylic acids is 2. The molecule has 1 unspecified atom stereocenters. The predicted molar refractivity (Wildman–Crippen MR) is 124 cm³/mol. The first-order chi connectivity index (χ1) is 16.3. The molecular formula is C24H28FN3O5S. The molecule has 2 N–H and O–H groups in total. The number of nitrogens with zero attached hydrogens (tertiary/aromatic N) is 1. The van der Waals surface area contributed by atoms with E-state index in [0.717, 1.165) is 12.8 Å². The summed E-state index contributed by atoms with van der Waals surface area (Å²) in [5.74, 6) is -0.994. The highest BCUT2D eigenvalue weighted by Crippen LogP contribution is 2.22. The Morgan fingerprint density at radius 1 is 1.00 bits per heavy atom. The molecule has 2 amide bonds. The van der Waals surface area contributed by atoms with Gasteiger partial charge in [-0.3, -0.25) is 9.59 Å². The third-order valence-electron chi connectivity index (χ3n) is 6.20. The van der Waals surface area contributed by atoms with Crippen LogP contribution in [-0.4, -0.2) is 57.5 Å². The average molecular weight is 490 g/mol. The standard InChI is InChI=1S/C24H28FN3O5S/c25-19-5-3-18(4-6-19)24(30)28-13-11-17(12-14-28)23(29)27-20-7-9-22(10-8-20)34(31,32)26-16-21-2-1-15-33-21/h3-10,17,21,26H,1-2,11-16H2,(H,27,29). The molecule has 2 aliphatic rings. The number of benzene rings is 2. The van der Waals surface area contributed by atoms with Gasteiger partial charge in [-0.05, 0) is 74.2 Å². The molecule has 2 aromatic rings. The minimum Gasteiger partial charge on any atom is -0.377 e. The van der Waals surface area contributed by atoms with Crippen molar-refractivity contribution in [3.63, 3.8) is 0 Å². The summed E-state index contributed by atoms with van der Waals surface area (Å²) in [7, 11) is -3.65. The summed E-state index contributed by atoms with van der Waals surface area (Å²) in [4.78, 5) is 27.0. The maximum atomic E-state index is 13.1. The molecule has 0 bridgehead atoms. The van der Waals surface area contributed by atoms with Crippen molar-refractivity contribution in [2.24, 2.45) is 5.92 Å². The second kappa shape index (κ2) is 10.6. The van der Waals surface area contributed by atoms with Gasteiger partial charge in [-0.2, -0.15) is 0 Å². The summed E-state index contributed by atoms with van der Waals surface area (Å²) in [6, 6.07) is 11.5. The van der Waals surface area contributed by atoms with Crippen LogP contribution < -0.4 is 10.0 Å². The molecule has 2 heterocycles. The van der Waals surface area contributed by atoms with Crippen LogP contribution >= 0.6 is 0 Å². The number of hydrogen-bond acceptors (Lipinski definition) is 5. The number of rotatable bonds is 7. The van der Waals surface area contributed by atoms with E-state index in [9.17, 15) is 22.4 Å². The Kier molecular flexibility index (Phi) is 7.60. The van der Waals surface area contributed by atoms with Crippen molar-refractivity contribution >= 4 is 27.5 Å². The first-order valence-electron chi connectivity index (χ1n) is 11.4. The Morgan fingerprint density at radius 2 is 1.68 bits per heavy atom. The number of halogens is 1. The number of likely N-dealkylation sites (tertiary alicyclic amines) is 1. The third-order valence-corrected chi connectivity index (χ3v) is 7.64. The van der Waals surface area contributed by atoms with E-state index in [4.69, 9.17) is 4.74 Å². The quantitative estimate of drug-likeness (QED) is 0.622. The number of sulfonamides is 1. The van der Waals surface area contributed by atoms with Gasteiger partial charge in [0.25, 0.3) is 5.91 Å². The molecule has 34 heavy (non-hydrogen) atoms. The molecule has 4 rings (SSSR count). The average Bonchev–Trinajstić information content (AvgIpc) is 3.37. The topological polar surface area (TPSA) is 105 Å². The Labute approximate surface area is 198 Å². The van der Waals surface area contributed by atoms with Crippen molar-refractivity contribution in [3.05, 3.63) is 59.9 Å². The molecule has 0 radical (unpaired) electrons. The lowest BCUT2D eigenvalue weighted by atomic mass is 9.95. The van der Waals surface area contributed by atoms with E-state index in [1.54, 1.807) is 17.0 Å². The number of hydrogen-bond donors (Lipinski definition) is 2. The van der Waals surface area contributed by atoms with Crippen LogP contribution in [0.25, 0.3) is 0 Å². The summed E-state index contributed by atoms with van der Waals surface area (Å²) in [5.41, 5.74) is 0.928. The number of anilines is 1. The maximum absolute atomic E-state index is 13.1. The number of ether oxygens (including phenoxy) is 1. The van der Waals surface area contributed by atoms with Gasteiger partial charge < -0.3 is 15.0 Å². The largest absolute Gasteiger partial charge is 0.377 e. The molecule has 0 spiro atoms. The van der Waals surface area contributed by atoms with Gasteiger partial charge in [0.2, 0.25) is 15.9 Å². The van der Waals surface area contributed by atoms with E-state index in [2.05, 4.69) is 10.0 Å². The van der Waals surface area contributed by atoms with Crippen molar-refractivity contribution < 1.29 is 27.1 Å². The number of carbonyl (C=O) groups is 2. The van der Waals surface area contributed by atoms with Gasteiger partial charge >= 0.3 is 0 Å². The first kappa shape index (κ1) is 24.3. The highest BCUT2D eigenvalue weighted by molar-refractivity contribution is 7.89. The van der Waals surface area contributed by atoms with Crippen molar-refractivity contribution in [2.45, 2.75) is 36.7 Å². The van der Waals surface area contributed by atoms with Crippen LogP contribution in [0.3, 0.4) is 0 Å². The highest BCUT2D eigenvalue weighted by atomic mass is 32.2. The lowest BCUT2D eigenvalue weighted by Crippen LogP contribution is -2.41. The fraction of sp³-hybridized carbons (Fsp3) is 0.417. The summed E-state index contributed by atoms with van der Waals surface area (Å²) in [5, 5.41) is 2.83. The molecule has 2 aliphatic heterocycles. The van der Waals surface area contributed by atoms with Crippen molar-refractivity contribution in [1.29, 1.82) is 0 Å². The summed E-state index contributed by atoms with van der Waals surface area (Å²) in [6.45, 7) is 1.76. The first-order valence-corrected chi connectivity index (χ1v) is 12.9. The molecular weight excluding hydrogens is 461 g/mol. The van der Waals surface area contributed by atoms with Crippen molar-refractivity contribution in [3.8, 4) is 0 Å². The van der Waals surface area contributed by atoms with Crippen molar-refractivity contribution in [2.75, 3.05) is 31.6 Å². The smallest absolute Gasteiger partial charge is 0.253 e. The molecule has 2 fully saturated rings. The Hall–Kier alpha value is -2.82. The lowest BCUT2D eigenvalue weighted by Gasteiger charge is -2.31. The lowest BCUT2D eigenvalue weighted by molar-refractivity contribution is -0.121. The molecule has 0 aromatic heterocycles. The van der Waals surface area contributed by atoms with Gasteiger partial charge in [-0.15, -0.1) is 0 Å². The molecule has 1 atom stereocenters. The van der Waals surface area contributed by atoms with Crippen LogP contribution in [-0.2, 0) is 19.6 Å². The van der Waals surface area contributed by atoms with Crippen molar-refractivity contribution in [1.82, 2.24) is 9.62 Å². The number of nitrogens with one attached hydrogen (secondary N) is 2. The van der Waals surface area contributed by atoms with Crippen LogP contribution in [0, 0.1) is 11.7 Å². The molecule has 0 saturated carbocycles. The van der Waals surface area contributed by atoms with Crippen LogP contribution in [0.2, 0.25) is 0 Å². The van der Waals surface area contributed by atoms with Gasteiger partial charge in [0.05, 0.1) is 11.0 Å². The number of piperidine rings is 1. The van der Waals surface area contributed by atoms with Gasteiger partial charge in [0.15, 0.2) is 0 Å². The molecule has 0 aliphatic carbocycles. The normalized spacial score (nSPS) is 19.2. The maximum Gasteiger partial charge on any atom is 0.253 e. The van der Waals surface area contributed by atoms with Crippen LogP contribution in [0.15, 0.2) is 53.4 Å². The third kappa shape index (κ3) is 5.99. The summed E-state index contributed by atoms with van der Waals surface area (Å²) in [6.07, 6.45) is 2.71. The van der Waals surface area contributed by atoms with Crippen LogP contribution in [0.4, 0.5) is 10.1 Å². The van der Waals surface area contributed by atoms with Crippen LogP contribution in [0.1, 0.15) is 36.0 Å². The van der Waals surface area contributed by atoms with E-state index in [1.165, 1.54) is 36.4 Å². The minimum atomic E-state index is -3.65. The Bertz CT molecular complexity index is 1110. The van der Waals surface area contributed by atoms with Gasteiger partial charge in [0.1, 0.15) is 5.82 Å². The zero-order valence-corrected chi connectivity index (χ0v) is 19.5. The predicted octanol–water partition coefficient (Wildman–Crippen LogP) is 2.77. The van der Waals surface area contributed by atoms with Gasteiger partial charge in [-0.1, -0.05) is 0 Å². The van der Waals surface area contributed by atoms with E-state index in [1.807, 2.05) is 0 Å². The fourth-order valence-electron chi connectivity index (χ4n) is 4.17. The second-order valence-electron chi connectivity index (χ2n) is 8.57. The van der Waals surface area contributed by atoms with E-state index < -0.39 is 15.8 Å². The van der Waals surface area contributed by atoms with Crippen LogP contribution in [0.5, 0.6) is 0 Å². The number of amides is 2. The molecule has 182 valence electrons. The van der Waals surface area contributed by atoms with Gasteiger partial charge in [0, 0.05) is 43.4 Å². The molecule has 8 nitrogen and oxygen atoms in total. The zero-order valence-electron chi connectivity index (χ0n) is 18.7. The molecule has 2 saturated heterocycles. The minimum absolute atomic E-state index is 0.0919. The Balaban J connectivity index is 1.27. The molecule has 10 heteroatoms. The van der Waals surface area contributed by atoms with Gasteiger partial charge in [-0.25, -0.2) is 17.5 Å².